The first kappa shape index (κ1) is 20.7. The van der Waals surface area contributed by atoms with E-state index in [0.717, 1.165) is 25.7 Å². The number of fused-ring (bicyclic) bond motifs is 1. The van der Waals surface area contributed by atoms with Gasteiger partial charge in [-0.05, 0) is 55.4 Å². The Hall–Kier alpha value is -2.54. The van der Waals surface area contributed by atoms with Gasteiger partial charge in [0.25, 0.3) is 5.91 Å². The topological polar surface area (TPSA) is 41.6 Å². The fourth-order valence-corrected chi connectivity index (χ4v) is 4.73. The maximum atomic E-state index is 12.3. The molecule has 1 heterocycles. The van der Waals surface area contributed by atoms with E-state index in [1.165, 1.54) is 34.9 Å². The minimum atomic E-state index is -4.77. The van der Waals surface area contributed by atoms with Crippen LogP contribution in [0, 0.1) is 31.6 Å². The number of ether oxygens (including phenoxy) is 1. The zero-order valence-electron chi connectivity index (χ0n) is 17.0. The molecule has 7 heteroatoms. The number of aryl methyl sites for hydroxylation is 2. The van der Waals surface area contributed by atoms with E-state index in [1.54, 1.807) is 0 Å². The van der Waals surface area contributed by atoms with Crippen molar-refractivity contribution in [3.05, 3.63) is 64.7 Å². The Morgan fingerprint density at radius 3 is 2.40 bits per heavy atom. The van der Waals surface area contributed by atoms with Crippen molar-refractivity contribution in [1.82, 2.24) is 10.2 Å². The lowest BCUT2D eigenvalue weighted by atomic mass is 10.1. The normalized spacial score (nSPS) is 23.2. The van der Waals surface area contributed by atoms with Crippen molar-refractivity contribution in [2.24, 2.45) is 17.8 Å². The minimum absolute atomic E-state index is 0.166. The summed E-state index contributed by atoms with van der Waals surface area (Å²) in [4.78, 5) is 14.8. The summed E-state index contributed by atoms with van der Waals surface area (Å²) in [6, 6.07) is 11.8. The van der Waals surface area contributed by atoms with Crippen LogP contribution in [0.15, 0.2) is 42.5 Å². The van der Waals surface area contributed by atoms with Crippen molar-refractivity contribution >= 4 is 5.91 Å². The lowest BCUT2D eigenvalue weighted by Gasteiger charge is -2.20. The van der Waals surface area contributed by atoms with Gasteiger partial charge in [0.1, 0.15) is 5.75 Å². The number of hydrogen-bond donors (Lipinski definition) is 1. The van der Waals surface area contributed by atoms with Crippen molar-refractivity contribution in [1.29, 1.82) is 0 Å². The maximum absolute atomic E-state index is 12.3. The van der Waals surface area contributed by atoms with Crippen LogP contribution in [-0.4, -0.2) is 36.8 Å². The quantitative estimate of drug-likeness (QED) is 0.760. The summed E-state index contributed by atoms with van der Waals surface area (Å²) in [7, 11) is 0. The highest BCUT2D eigenvalue weighted by Crippen LogP contribution is 2.51. The van der Waals surface area contributed by atoms with Crippen LogP contribution in [-0.2, 0) is 6.54 Å². The first-order chi connectivity index (χ1) is 14.2. The van der Waals surface area contributed by atoms with Gasteiger partial charge >= 0.3 is 6.36 Å². The van der Waals surface area contributed by atoms with Gasteiger partial charge in [0.2, 0.25) is 0 Å². The monoisotopic (exact) mass is 418 g/mol. The number of nitrogens with one attached hydrogen (secondary N) is 1. The second kappa shape index (κ2) is 7.95. The molecule has 2 aromatic carbocycles. The molecule has 1 N–H and O–H groups in total. The molecule has 4 rings (SSSR count). The third-order valence-electron chi connectivity index (χ3n) is 5.96. The second-order valence-electron chi connectivity index (χ2n) is 8.47. The van der Waals surface area contributed by atoms with E-state index in [-0.39, 0.29) is 17.2 Å². The number of amides is 1. The number of benzene rings is 2. The number of rotatable bonds is 6. The van der Waals surface area contributed by atoms with E-state index in [2.05, 4.69) is 47.0 Å². The first-order valence-corrected chi connectivity index (χ1v) is 10.1. The Kier molecular flexibility index (Phi) is 5.49. The summed E-state index contributed by atoms with van der Waals surface area (Å²) in [5.41, 5.74) is 4.05. The van der Waals surface area contributed by atoms with Crippen LogP contribution in [0.3, 0.4) is 0 Å². The van der Waals surface area contributed by atoms with Crippen molar-refractivity contribution in [2.45, 2.75) is 26.8 Å². The van der Waals surface area contributed by atoms with Gasteiger partial charge in [-0.25, -0.2) is 0 Å². The zero-order valence-corrected chi connectivity index (χ0v) is 17.0. The molecule has 0 radical (unpaired) electrons. The molecule has 160 valence electrons. The molecule has 1 saturated heterocycles. The SMILES string of the molecule is Cc1cc(C)cc(CN2CC3C(CNC(=O)c4cccc(OC(F)(F)F)c4)C3C2)c1. The van der Waals surface area contributed by atoms with Gasteiger partial charge in [0.15, 0.2) is 0 Å². The Labute approximate surface area is 174 Å². The predicted molar refractivity (Wildman–Crippen MR) is 107 cm³/mol. The predicted octanol–water partition coefficient (Wildman–Crippen LogP) is 4.31. The Morgan fingerprint density at radius 1 is 1.10 bits per heavy atom. The van der Waals surface area contributed by atoms with E-state index >= 15 is 0 Å². The zero-order chi connectivity index (χ0) is 21.5. The highest BCUT2D eigenvalue weighted by Gasteiger charge is 2.55. The third kappa shape index (κ3) is 4.95. The number of hydrogen-bond acceptors (Lipinski definition) is 3. The summed E-state index contributed by atoms with van der Waals surface area (Å²) in [6.45, 7) is 7.76. The molecule has 30 heavy (non-hydrogen) atoms. The van der Waals surface area contributed by atoms with Crippen LogP contribution in [0.5, 0.6) is 5.75 Å². The number of likely N-dealkylation sites (tertiary alicyclic amines) is 1. The third-order valence-corrected chi connectivity index (χ3v) is 5.96. The lowest BCUT2D eigenvalue weighted by molar-refractivity contribution is -0.274. The van der Waals surface area contributed by atoms with Gasteiger partial charge in [0.05, 0.1) is 0 Å². The summed E-state index contributed by atoms with van der Waals surface area (Å²) < 4.78 is 40.9. The number of alkyl halides is 3. The van der Waals surface area contributed by atoms with Gasteiger partial charge in [-0.2, -0.15) is 0 Å². The molecule has 4 nitrogen and oxygen atoms in total. The molecule has 1 amide bonds. The molecule has 0 bridgehead atoms. The molecule has 2 aliphatic rings. The maximum Gasteiger partial charge on any atom is 0.573 e. The highest BCUT2D eigenvalue weighted by atomic mass is 19.4. The van der Waals surface area contributed by atoms with E-state index in [1.807, 2.05) is 0 Å². The minimum Gasteiger partial charge on any atom is -0.406 e. The molecule has 2 aromatic rings. The number of carbonyl (C=O) groups is 1. The Bertz CT molecular complexity index is 912. The van der Waals surface area contributed by atoms with Crippen LogP contribution in [0.2, 0.25) is 0 Å². The molecular weight excluding hydrogens is 393 g/mol. The Morgan fingerprint density at radius 2 is 1.77 bits per heavy atom. The molecule has 2 unspecified atom stereocenters. The Balaban J connectivity index is 1.24. The largest absolute Gasteiger partial charge is 0.573 e. The van der Waals surface area contributed by atoms with E-state index in [9.17, 15) is 18.0 Å². The highest BCUT2D eigenvalue weighted by molar-refractivity contribution is 5.94. The van der Waals surface area contributed by atoms with Crippen LogP contribution in [0.4, 0.5) is 13.2 Å². The fraction of sp³-hybridized carbons (Fsp3) is 0.435. The van der Waals surface area contributed by atoms with Crippen LogP contribution in [0.25, 0.3) is 0 Å². The summed E-state index contributed by atoms with van der Waals surface area (Å²) in [5.74, 6) is 0.839. The number of piperidine rings is 1. The van der Waals surface area contributed by atoms with Crippen LogP contribution in [0.1, 0.15) is 27.0 Å². The summed E-state index contributed by atoms with van der Waals surface area (Å²) in [6.07, 6.45) is -4.77. The van der Waals surface area contributed by atoms with Gasteiger partial charge < -0.3 is 10.1 Å². The lowest BCUT2D eigenvalue weighted by Crippen LogP contribution is -2.30. The van der Waals surface area contributed by atoms with E-state index in [4.69, 9.17) is 0 Å². The van der Waals surface area contributed by atoms with Crippen molar-refractivity contribution in [2.75, 3.05) is 19.6 Å². The molecule has 0 spiro atoms. The summed E-state index contributed by atoms with van der Waals surface area (Å²) in [5, 5.41) is 2.86. The molecule has 1 aliphatic carbocycles. The van der Waals surface area contributed by atoms with Crippen LogP contribution < -0.4 is 10.1 Å². The van der Waals surface area contributed by atoms with Gasteiger partial charge in [-0.3, -0.25) is 9.69 Å². The first-order valence-electron chi connectivity index (χ1n) is 10.1. The second-order valence-corrected chi connectivity index (χ2v) is 8.47. The average Bonchev–Trinajstić information content (AvgIpc) is 3.09. The van der Waals surface area contributed by atoms with E-state index < -0.39 is 6.36 Å². The molecule has 1 saturated carbocycles. The molecule has 1 aliphatic heterocycles. The van der Waals surface area contributed by atoms with Gasteiger partial charge in [0, 0.05) is 31.7 Å². The smallest absolute Gasteiger partial charge is 0.406 e. The number of carbonyl (C=O) groups excluding carboxylic acids is 1. The molecule has 0 aromatic heterocycles. The molecular formula is C23H25F3N2O2. The summed E-state index contributed by atoms with van der Waals surface area (Å²) >= 11 is 0. The molecule has 2 fully saturated rings. The fourth-order valence-electron chi connectivity index (χ4n) is 4.73. The van der Waals surface area contributed by atoms with Gasteiger partial charge in [-0.15, -0.1) is 13.2 Å². The van der Waals surface area contributed by atoms with Gasteiger partial charge in [-0.1, -0.05) is 35.4 Å². The van der Waals surface area contributed by atoms with Crippen molar-refractivity contribution in [3.63, 3.8) is 0 Å². The van der Waals surface area contributed by atoms with Crippen LogP contribution >= 0.6 is 0 Å². The average molecular weight is 418 g/mol. The number of halogens is 3. The van der Waals surface area contributed by atoms with Crippen molar-refractivity contribution in [3.8, 4) is 5.75 Å². The molecule has 2 atom stereocenters. The van der Waals surface area contributed by atoms with Crippen molar-refractivity contribution < 1.29 is 22.7 Å². The number of nitrogens with zero attached hydrogens (tertiary/aromatic N) is 1. The standard InChI is InChI=1S/C23H25F3N2O2/c1-14-6-15(2)8-16(7-14)11-28-12-20-19(21(20)13-28)10-27-22(29)17-4-3-5-18(9-17)30-23(24,25)26/h3-9,19-21H,10-13H2,1-2H3,(H,27,29). The van der Waals surface area contributed by atoms with E-state index in [0.29, 0.717) is 24.3 Å².